The Labute approximate surface area is 169 Å². The van der Waals surface area contributed by atoms with Crippen LogP contribution in [0.2, 0.25) is 0 Å². The summed E-state index contributed by atoms with van der Waals surface area (Å²) in [7, 11) is 0. The Kier molecular flexibility index (Phi) is 4.45. The van der Waals surface area contributed by atoms with Crippen LogP contribution in [0.15, 0.2) is 18.2 Å². The maximum absolute atomic E-state index is 13.3. The van der Waals surface area contributed by atoms with Crippen LogP contribution in [0, 0.1) is 0 Å². The Morgan fingerprint density at radius 3 is 2.90 bits per heavy atom. The van der Waals surface area contributed by atoms with Crippen LogP contribution in [0.5, 0.6) is 0 Å². The third kappa shape index (κ3) is 3.06. The zero-order valence-corrected chi connectivity index (χ0v) is 16.4. The summed E-state index contributed by atoms with van der Waals surface area (Å²) < 4.78 is 5.68. The van der Waals surface area contributed by atoms with Gasteiger partial charge < -0.3 is 15.4 Å². The largest absolute Gasteiger partial charge is 0.379 e. The minimum absolute atomic E-state index is 0.0346. The number of nitrogens with two attached hydrogens (primary N) is 1. The number of fused-ring (bicyclic) bond motifs is 1. The van der Waals surface area contributed by atoms with Gasteiger partial charge in [0.2, 0.25) is 11.8 Å². The number of amides is 3. The molecule has 0 aliphatic carbocycles. The van der Waals surface area contributed by atoms with Gasteiger partial charge in [-0.3, -0.25) is 24.6 Å². The molecule has 8 heteroatoms. The lowest BCUT2D eigenvalue weighted by Crippen LogP contribution is -2.52. The van der Waals surface area contributed by atoms with Gasteiger partial charge in [0.25, 0.3) is 5.91 Å². The van der Waals surface area contributed by atoms with Gasteiger partial charge in [0, 0.05) is 49.8 Å². The molecule has 0 radical (unpaired) electrons. The van der Waals surface area contributed by atoms with Crippen LogP contribution in [0.25, 0.3) is 0 Å². The highest BCUT2D eigenvalue weighted by molar-refractivity contribution is 6.06. The van der Waals surface area contributed by atoms with Crippen LogP contribution in [0.1, 0.15) is 47.2 Å². The van der Waals surface area contributed by atoms with Crippen LogP contribution in [0.3, 0.4) is 0 Å². The number of hydrogen-bond acceptors (Lipinski definition) is 6. The number of likely N-dealkylation sites (tertiary alicyclic amines) is 1. The first-order valence-corrected chi connectivity index (χ1v) is 10.3. The molecule has 3 amide bonds. The third-order valence-corrected chi connectivity index (χ3v) is 6.85. The van der Waals surface area contributed by atoms with Crippen molar-refractivity contribution in [3.63, 3.8) is 0 Å². The number of carbonyl (C=O) groups excluding carboxylic acids is 3. The Morgan fingerprint density at radius 1 is 1.28 bits per heavy atom. The molecular formula is C21H26N4O4. The third-order valence-electron chi connectivity index (χ3n) is 6.85. The van der Waals surface area contributed by atoms with Crippen molar-refractivity contribution in [1.29, 1.82) is 0 Å². The summed E-state index contributed by atoms with van der Waals surface area (Å²) in [6.45, 7) is 3.28. The molecule has 0 bridgehead atoms. The molecule has 3 saturated heterocycles. The summed E-state index contributed by atoms with van der Waals surface area (Å²) in [5.74, 6) is -0.771. The molecule has 4 aliphatic rings. The molecule has 5 rings (SSSR count). The Hall–Kier alpha value is -2.29. The van der Waals surface area contributed by atoms with Gasteiger partial charge >= 0.3 is 0 Å². The molecule has 3 atom stereocenters. The lowest BCUT2D eigenvalue weighted by atomic mass is 9.93. The first kappa shape index (κ1) is 18.7. The first-order valence-electron chi connectivity index (χ1n) is 10.3. The van der Waals surface area contributed by atoms with Crippen LogP contribution in [-0.4, -0.2) is 64.9 Å². The number of rotatable bonds is 3. The topological polar surface area (TPSA) is 105 Å². The number of nitrogens with zero attached hydrogens (tertiary/aromatic N) is 2. The molecule has 0 saturated carbocycles. The van der Waals surface area contributed by atoms with Crippen molar-refractivity contribution in [3.8, 4) is 0 Å². The molecule has 1 aromatic rings. The maximum Gasteiger partial charge on any atom is 0.255 e. The van der Waals surface area contributed by atoms with E-state index in [1.165, 1.54) is 0 Å². The van der Waals surface area contributed by atoms with Crippen molar-refractivity contribution in [1.82, 2.24) is 15.1 Å². The van der Waals surface area contributed by atoms with E-state index in [1.54, 1.807) is 4.90 Å². The normalized spacial score (nSPS) is 32.3. The fraction of sp³-hybridized carbons (Fsp3) is 0.571. The summed E-state index contributed by atoms with van der Waals surface area (Å²) >= 11 is 0. The lowest BCUT2D eigenvalue weighted by Gasteiger charge is -2.34. The molecule has 3 unspecified atom stereocenters. The summed E-state index contributed by atoms with van der Waals surface area (Å²) in [6, 6.07) is 5.45. The molecule has 1 aromatic carbocycles. The SMILES string of the molecule is NC1CN(Cc2cccc3c2C(=O)N(C2CCC(=O)NC2=O)C3)C2(CCOC2)C1. The van der Waals surface area contributed by atoms with Crippen molar-refractivity contribution < 1.29 is 19.1 Å². The zero-order chi connectivity index (χ0) is 20.2. The quantitative estimate of drug-likeness (QED) is 0.702. The second kappa shape index (κ2) is 6.90. The van der Waals surface area contributed by atoms with Crippen molar-refractivity contribution >= 4 is 17.7 Å². The van der Waals surface area contributed by atoms with Gasteiger partial charge in [-0.15, -0.1) is 0 Å². The Bertz CT molecular complexity index is 879. The molecule has 4 heterocycles. The molecule has 0 aromatic heterocycles. The smallest absolute Gasteiger partial charge is 0.255 e. The fourth-order valence-electron chi connectivity index (χ4n) is 5.42. The number of nitrogens with one attached hydrogen (secondary N) is 1. The van der Waals surface area contributed by atoms with Gasteiger partial charge in [-0.25, -0.2) is 0 Å². The Balaban J connectivity index is 1.40. The van der Waals surface area contributed by atoms with E-state index in [2.05, 4.69) is 10.2 Å². The summed E-state index contributed by atoms with van der Waals surface area (Å²) in [4.78, 5) is 41.0. The predicted molar refractivity (Wildman–Crippen MR) is 104 cm³/mol. The maximum atomic E-state index is 13.3. The van der Waals surface area contributed by atoms with Gasteiger partial charge in [-0.1, -0.05) is 18.2 Å². The van der Waals surface area contributed by atoms with E-state index in [1.807, 2.05) is 18.2 Å². The number of piperidine rings is 1. The minimum Gasteiger partial charge on any atom is -0.379 e. The second-order valence-corrected chi connectivity index (χ2v) is 8.72. The van der Waals surface area contributed by atoms with Crippen LogP contribution < -0.4 is 11.1 Å². The minimum atomic E-state index is -0.588. The van der Waals surface area contributed by atoms with Gasteiger partial charge in [0.1, 0.15) is 6.04 Å². The number of carbonyl (C=O) groups is 3. The zero-order valence-electron chi connectivity index (χ0n) is 16.4. The monoisotopic (exact) mass is 398 g/mol. The van der Waals surface area contributed by atoms with Gasteiger partial charge in [0.15, 0.2) is 0 Å². The Morgan fingerprint density at radius 2 is 2.14 bits per heavy atom. The second-order valence-electron chi connectivity index (χ2n) is 8.72. The molecule has 1 spiro atoms. The summed E-state index contributed by atoms with van der Waals surface area (Å²) in [5, 5.41) is 2.36. The molecule has 3 fully saturated rings. The van der Waals surface area contributed by atoms with Gasteiger partial charge in [-0.2, -0.15) is 0 Å². The van der Waals surface area contributed by atoms with Crippen molar-refractivity contribution in [2.24, 2.45) is 5.73 Å². The standard InChI is InChI=1S/C21H26N4O4/c22-15-8-21(6-7-29-12-21)24(11-15)9-13-2-1-3-14-10-25(20(28)18(13)14)16-4-5-17(26)23-19(16)27/h1-3,15-16H,4-12,22H2,(H,23,26,27). The molecule has 3 N–H and O–H groups in total. The van der Waals surface area contributed by atoms with Crippen LogP contribution in [-0.2, 0) is 27.4 Å². The molecule has 29 heavy (non-hydrogen) atoms. The fourth-order valence-corrected chi connectivity index (χ4v) is 5.42. The van der Waals surface area contributed by atoms with E-state index in [0.717, 1.165) is 37.1 Å². The van der Waals surface area contributed by atoms with Crippen LogP contribution >= 0.6 is 0 Å². The van der Waals surface area contributed by atoms with E-state index in [9.17, 15) is 14.4 Å². The highest BCUT2D eigenvalue weighted by Crippen LogP contribution is 2.38. The number of ether oxygens (including phenoxy) is 1. The average molecular weight is 398 g/mol. The average Bonchev–Trinajstić information content (AvgIpc) is 3.35. The first-order chi connectivity index (χ1) is 14.0. The van der Waals surface area contributed by atoms with E-state index in [4.69, 9.17) is 10.5 Å². The van der Waals surface area contributed by atoms with Crippen molar-refractivity contribution in [2.75, 3.05) is 19.8 Å². The predicted octanol–water partition coefficient (Wildman–Crippen LogP) is 0.140. The summed E-state index contributed by atoms with van der Waals surface area (Å²) in [6.07, 6.45) is 2.52. The molecular weight excluding hydrogens is 372 g/mol. The highest BCUT2D eigenvalue weighted by atomic mass is 16.5. The van der Waals surface area contributed by atoms with E-state index in [-0.39, 0.29) is 35.7 Å². The van der Waals surface area contributed by atoms with Gasteiger partial charge in [0.05, 0.1) is 6.61 Å². The molecule has 8 nitrogen and oxygen atoms in total. The summed E-state index contributed by atoms with van der Waals surface area (Å²) in [5.41, 5.74) is 8.86. The van der Waals surface area contributed by atoms with E-state index >= 15 is 0 Å². The molecule has 4 aliphatic heterocycles. The number of imide groups is 1. The van der Waals surface area contributed by atoms with Crippen LogP contribution in [0.4, 0.5) is 0 Å². The number of hydrogen-bond donors (Lipinski definition) is 2. The van der Waals surface area contributed by atoms with E-state index < -0.39 is 6.04 Å². The highest BCUT2D eigenvalue weighted by Gasteiger charge is 2.47. The number of benzene rings is 1. The van der Waals surface area contributed by atoms with E-state index in [0.29, 0.717) is 31.7 Å². The van der Waals surface area contributed by atoms with Gasteiger partial charge in [-0.05, 0) is 30.4 Å². The van der Waals surface area contributed by atoms with Crippen molar-refractivity contribution in [2.45, 2.75) is 56.4 Å². The lowest BCUT2D eigenvalue weighted by molar-refractivity contribution is -0.136. The van der Waals surface area contributed by atoms with Crippen molar-refractivity contribution in [3.05, 3.63) is 34.9 Å². The molecule has 154 valence electrons.